The predicted molar refractivity (Wildman–Crippen MR) is 91.1 cm³/mol. The van der Waals surface area contributed by atoms with Gasteiger partial charge in [-0.05, 0) is 30.3 Å². The number of carbonyl (C=O) groups is 2. The van der Waals surface area contributed by atoms with Gasteiger partial charge < -0.3 is 4.74 Å². The Kier molecular flexibility index (Phi) is 4.80. The summed E-state index contributed by atoms with van der Waals surface area (Å²) in [5.74, 6) is -0.663. The van der Waals surface area contributed by atoms with Crippen molar-refractivity contribution >= 4 is 34.4 Å². The fourth-order valence-corrected chi connectivity index (χ4v) is 2.42. The maximum Gasteiger partial charge on any atom is 0.273 e. The van der Waals surface area contributed by atoms with Gasteiger partial charge in [0.15, 0.2) is 0 Å². The maximum atomic E-state index is 12.2. The number of nitrogens with one attached hydrogen (secondary N) is 2. The Balaban J connectivity index is 1.63. The Hall–Kier alpha value is -3.13. The van der Waals surface area contributed by atoms with E-state index in [4.69, 9.17) is 16.3 Å². The molecule has 0 fully saturated rings. The second-order valence-corrected chi connectivity index (χ2v) is 5.52. The molecule has 0 aliphatic heterocycles. The molecule has 0 unspecified atom stereocenters. The van der Waals surface area contributed by atoms with Crippen molar-refractivity contribution in [3.05, 3.63) is 53.1 Å². The molecule has 1 heterocycles. The van der Waals surface area contributed by atoms with E-state index in [-0.39, 0.29) is 12.1 Å². The highest BCUT2D eigenvalue weighted by molar-refractivity contribution is 6.30. The Labute approximate surface area is 147 Å². The van der Waals surface area contributed by atoms with Crippen LogP contribution in [-0.4, -0.2) is 33.9 Å². The molecule has 8 nitrogen and oxygen atoms in total. The lowest BCUT2D eigenvalue weighted by molar-refractivity contribution is -0.122. The van der Waals surface area contributed by atoms with Crippen LogP contribution in [-0.2, 0) is 11.3 Å². The van der Waals surface area contributed by atoms with Gasteiger partial charge in [0.25, 0.3) is 11.8 Å². The van der Waals surface area contributed by atoms with E-state index in [9.17, 15) is 9.59 Å². The molecule has 0 atom stereocenters. The highest BCUT2D eigenvalue weighted by atomic mass is 35.5. The molecular formula is C16H14ClN5O3. The monoisotopic (exact) mass is 359 g/mol. The second kappa shape index (κ2) is 7.18. The first-order valence-corrected chi connectivity index (χ1v) is 7.67. The van der Waals surface area contributed by atoms with Crippen molar-refractivity contribution in [1.29, 1.82) is 0 Å². The van der Waals surface area contributed by atoms with Gasteiger partial charge in [0.2, 0.25) is 0 Å². The van der Waals surface area contributed by atoms with Gasteiger partial charge in [0.05, 0.1) is 18.2 Å². The Morgan fingerprint density at radius 1 is 1.20 bits per heavy atom. The van der Waals surface area contributed by atoms with Crippen LogP contribution in [0.15, 0.2) is 42.5 Å². The van der Waals surface area contributed by atoms with Gasteiger partial charge in [-0.25, -0.2) is 4.68 Å². The number of amides is 2. The van der Waals surface area contributed by atoms with Crippen LogP contribution < -0.4 is 15.6 Å². The average molecular weight is 360 g/mol. The van der Waals surface area contributed by atoms with Gasteiger partial charge >= 0.3 is 0 Å². The number of ether oxygens (including phenoxy) is 1. The van der Waals surface area contributed by atoms with Gasteiger partial charge in [0.1, 0.15) is 17.8 Å². The van der Waals surface area contributed by atoms with E-state index in [2.05, 4.69) is 21.2 Å². The highest BCUT2D eigenvalue weighted by Gasteiger charge is 2.14. The number of fused-ring (bicyclic) bond motifs is 1. The molecular weight excluding hydrogens is 346 g/mol. The molecule has 0 radical (unpaired) electrons. The zero-order chi connectivity index (χ0) is 17.8. The Morgan fingerprint density at radius 3 is 2.80 bits per heavy atom. The quantitative estimate of drug-likeness (QED) is 0.689. The zero-order valence-corrected chi connectivity index (χ0v) is 13.9. The highest BCUT2D eigenvalue weighted by Crippen LogP contribution is 2.22. The fourth-order valence-electron chi connectivity index (χ4n) is 2.26. The number of nitrogens with zero attached hydrogens (tertiary/aromatic N) is 3. The Morgan fingerprint density at radius 2 is 2.00 bits per heavy atom. The first-order chi connectivity index (χ1) is 12.1. The summed E-state index contributed by atoms with van der Waals surface area (Å²) >= 11 is 5.86. The molecule has 0 saturated carbocycles. The van der Waals surface area contributed by atoms with Crippen LogP contribution in [0.2, 0.25) is 5.02 Å². The van der Waals surface area contributed by atoms with E-state index >= 15 is 0 Å². The molecule has 0 aliphatic carbocycles. The number of rotatable bonds is 4. The van der Waals surface area contributed by atoms with Crippen LogP contribution in [0, 0.1) is 0 Å². The summed E-state index contributed by atoms with van der Waals surface area (Å²) in [6, 6.07) is 11.8. The van der Waals surface area contributed by atoms with E-state index in [0.29, 0.717) is 16.3 Å². The molecule has 128 valence electrons. The molecule has 0 saturated heterocycles. The standard InChI is InChI=1S/C16H14ClN5O3/c1-25-14-8-10(17)6-7-11(14)16(24)20-19-15(23)9-22-13-5-3-2-4-12(13)18-21-22/h2-8H,9H2,1H3,(H,19,23)(H,20,24). The summed E-state index contributed by atoms with van der Waals surface area (Å²) in [6.45, 7) is -0.0848. The number of benzene rings is 2. The number of methoxy groups -OCH3 is 1. The molecule has 2 amide bonds. The van der Waals surface area contributed by atoms with Gasteiger partial charge in [-0.15, -0.1) is 5.10 Å². The van der Waals surface area contributed by atoms with E-state index in [1.54, 1.807) is 18.2 Å². The lowest BCUT2D eigenvalue weighted by Gasteiger charge is -2.10. The van der Waals surface area contributed by atoms with E-state index in [1.807, 2.05) is 12.1 Å². The minimum Gasteiger partial charge on any atom is -0.496 e. The number of aromatic nitrogens is 3. The van der Waals surface area contributed by atoms with Crippen molar-refractivity contribution in [2.75, 3.05) is 7.11 Å². The van der Waals surface area contributed by atoms with Crippen molar-refractivity contribution < 1.29 is 14.3 Å². The zero-order valence-electron chi connectivity index (χ0n) is 13.2. The fraction of sp³-hybridized carbons (Fsp3) is 0.125. The van der Waals surface area contributed by atoms with Crippen molar-refractivity contribution in [3.63, 3.8) is 0 Å². The summed E-state index contributed by atoms with van der Waals surface area (Å²) in [7, 11) is 1.43. The Bertz CT molecular complexity index is 940. The summed E-state index contributed by atoms with van der Waals surface area (Å²) in [4.78, 5) is 24.2. The van der Waals surface area contributed by atoms with Crippen molar-refractivity contribution in [3.8, 4) is 5.75 Å². The summed E-state index contributed by atoms with van der Waals surface area (Å²) in [5.41, 5.74) is 6.32. The van der Waals surface area contributed by atoms with Gasteiger partial charge in [0, 0.05) is 5.02 Å². The molecule has 2 N–H and O–H groups in total. The third-order valence-corrected chi connectivity index (χ3v) is 3.67. The largest absolute Gasteiger partial charge is 0.496 e. The smallest absolute Gasteiger partial charge is 0.273 e. The molecule has 1 aromatic heterocycles. The van der Waals surface area contributed by atoms with Gasteiger partial charge in [-0.2, -0.15) is 0 Å². The van der Waals surface area contributed by atoms with Gasteiger partial charge in [-0.1, -0.05) is 28.9 Å². The summed E-state index contributed by atoms with van der Waals surface area (Å²) < 4.78 is 6.55. The molecule has 9 heteroatoms. The van der Waals surface area contributed by atoms with Crippen LogP contribution in [0.5, 0.6) is 5.75 Å². The van der Waals surface area contributed by atoms with Crippen LogP contribution in [0.3, 0.4) is 0 Å². The molecule has 0 bridgehead atoms. The topological polar surface area (TPSA) is 98.1 Å². The first-order valence-electron chi connectivity index (χ1n) is 7.29. The lowest BCUT2D eigenvalue weighted by atomic mass is 10.2. The number of para-hydroxylation sites is 1. The molecule has 0 spiro atoms. The predicted octanol–water partition coefficient (Wildman–Crippen LogP) is 1.55. The van der Waals surface area contributed by atoms with Crippen molar-refractivity contribution in [2.45, 2.75) is 6.54 Å². The third-order valence-electron chi connectivity index (χ3n) is 3.44. The van der Waals surface area contributed by atoms with Crippen LogP contribution in [0.4, 0.5) is 0 Å². The SMILES string of the molecule is COc1cc(Cl)ccc1C(=O)NNC(=O)Cn1nnc2ccccc21. The molecule has 3 aromatic rings. The number of hydrazine groups is 1. The van der Waals surface area contributed by atoms with Crippen LogP contribution >= 0.6 is 11.6 Å². The average Bonchev–Trinajstić information content (AvgIpc) is 3.02. The second-order valence-electron chi connectivity index (χ2n) is 5.08. The minimum absolute atomic E-state index is 0.0848. The van der Waals surface area contributed by atoms with E-state index in [0.717, 1.165) is 5.52 Å². The number of halogens is 1. The molecule has 25 heavy (non-hydrogen) atoms. The number of carbonyl (C=O) groups excluding carboxylic acids is 2. The van der Waals surface area contributed by atoms with E-state index < -0.39 is 11.8 Å². The van der Waals surface area contributed by atoms with Crippen molar-refractivity contribution in [1.82, 2.24) is 25.8 Å². The molecule has 0 aliphatic rings. The normalized spacial score (nSPS) is 10.5. The number of hydrogen-bond acceptors (Lipinski definition) is 5. The van der Waals surface area contributed by atoms with Crippen molar-refractivity contribution in [2.24, 2.45) is 0 Å². The first kappa shape index (κ1) is 16.7. The van der Waals surface area contributed by atoms with E-state index in [1.165, 1.54) is 23.9 Å². The third kappa shape index (κ3) is 3.69. The van der Waals surface area contributed by atoms with Crippen LogP contribution in [0.1, 0.15) is 10.4 Å². The maximum absolute atomic E-state index is 12.2. The van der Waals surface area contributed by atoms with Gasteiger partial charge in [-0.3, -0.25) is 20.4 Å². The summed E-state index contributed by atoms with van der Waals surface area (Å²) in [6.07, 6.45) is 0. The number of hydrogen-bond donors (Lipinski definition) is 2. The lowest BCUT2D eigenvalue weighted by Crippen LogP contribution is -2.43. The summed E-state index contributed by atoms with van der Waals surface area (Å²) in [5, 5.41) is 8.32. The molecule has 2 aromatic carbocycles. The molecule has 3 rings (SSSR count). The van der Waals surface area contributed by atoms with Crippen LogP contribution in [0.25, 0.3) is 11.0 Å². The minimum atomic E-state index is -0.523.